The van der Waals surface area contributed by atoms with Crippen LogP contribution in [0.2, 0.25) is 0 Å². The van der Waals surface area contributed by atoms with Gasteiger partial charge in [0.05, 0.1) is 0 Å². The molecule has 23 heavy (non-hydrogen) atoms. The van der Waals surface area contributed by atoms with Gasteiger partial charge in [-0.2, -0.15) is 0 Å². The van der Waals surface area contributed by atoms with Gasteiger partial charge in [-0.3, -0.25) is 10.6 Å². The lowest BCUT2D eigenvalue weighted by Gasteiger charge is -2.03. The van der Waals surface area contributed by atoms with Crippen LogP contribution in [0.4, 0.5) is 22.7 Å². The average molecular weight is 306 g/mol. The summed E-state index contributed by atoms with van der Waals surface area (Å²) in [6.07, 6.45) is 0. The van der Waals surface area contributed by atoms with Crippen LogP contribution in [-0.2, 0) is 0 Å². The molecule has 0 saturated heterocycles. The summed E-state index contributed by atoms with van der Waals surface area (Å²) in [6, 6.07) is 25.9. The zero-order valence-electron chi connectivity index (χ0n) is 13.1. The zero-order chi connectivity index (χ0) is 15.4. The molecule has 0 radical (unpaired) electrons. The molecule has 3 aromatic rings. The van der Waals surface area contributed by atoms with E-state index < -0.39 is 0 Å². The minimum atomic E-state index is 0. The molecule has 0 atom stereocenters. The molecule has 2 heteroatoms. The Bertz CT molecular complexity index is 660. The van der Waals surface area contributed by atoms with Gasteiger partial charge in [0.2, 0.25) is 0 Å². The Morgan fingerprint density at radius 1 is 0.435 bits per heavy atom. The van der Waals surface area contributed by atoms with Gasteiger partial charge in [0, 0.05) is 24.3 Å². The summed E-state index contributed by atoms with van der Waals surface area (Å²) in [5.41, 5.74) is 7.51. The molecule has 0 aliphatic heterocycles. The Balaban J connectivity index is 0.00000192. The van der Waals surface area contributed by atoms with Crippen molar-refractivity contribution in [2.24, 2.45) is 0 Å². The fraction of sp³-hybridized carbons (Fsp3) is 0.143. The number of aryl methyl sites for hydroxylation is 2. The van der Waals surface area contributed by atoms with E-state index in [9.17, 15) is 0 Å². The van der Waals surface area contributed by atoms with E-state index in [-0.39, 0.29) is 7.43 Å². The Hall–Kier alpha value is -2.42. The van der Waals surface area contributed by atoms with Gasteiger partial charge in [0.25, 0.3) is 0 Å². The third-order valence-electron chi connectivity index (χ3n) is 3.76. The van der Waals surface area contributed by atoms with E-state index >= 15 is 0 Å². The predicted octanol–water partition coefficient (Wildman–Crippen LogP) is 3.99. The largest absolute Gasteiger partial charge is 0.282 e. The molecule has 3 rings (SSSR count). The van der Waals surface area contributed by atoms with Crippen LogP contribution in [0.5, 0.6) is 0 Å². The molecule has 2 nitrogen and oxygen atoms in total. The van der Waals surface area contributed by atoms with Crippen LogP contribution in [-0.4, -0.2) is 0 Å². The van der Waals surface area contributed by atoms with Crippen molar-refractivity contribution in [1.29, 1.82) is 0 Å². The number of quaternary nitrogens is 2. The maximum absolute atomic E-state index is 2.20. The second-order valence-corrected chi connectivity index (χ2v) is 5.78. The molecular weight excluding hydrogens is 280 g/mol. The number of rotatable bonds is 4. The van der Waals surface area contributed by atoms with Gasteiger partial charge >= 0.3 is 0 Å². The number of nitrogens with two attached hydrogens (primary N) is 2. The van der Waals surface area contributed by atoms with E-state index in [1.807, 2.05) is 0 Å². The van der Waals surface area contributed by atoms with Crippen molar-refractivity contribution >= 4 is 22.7 Å². The van der Waals surface area contributed by atoms with Gasteiger partial charge in [0.1, 0.15) is 22.7 Å². The Morgan fingerprint density at radius 2 is 0.652 bits per heavy atom. The molecule has 4 N–H and O–H groups in total. The van der Waals surface area contributed by atoms with Crippen LogP contribution < -0.4 is 10.6 Å². The van der Waals surface area contributed by atoms with Gasteiger partial charge < -0.3 is 0 Å². The second-order valence-electron chi connectivity index (χ2n) is 5.78. The average Bonchev–Trinajstić information content (AvgIpc) is 2.54. The van der Waals surface area contributed by atoms with Crippen molar-refractivity contribution < 1.29 is 10.6 Å². The van der Waals surface area contributed by atoms with Crippen LogP contribution in [0.1, 0.15) is 18.6 Å². The fourth-order valence-electron chi connectivity index (χ4n) is 2.40. The summed E-state index contributed by atoms with van der Waals surface area (Å²) in [7, 11) is 0. The van der Waals surface area contributed by atoms with E-state index in [1.165, 1.54) is 33.9 Å². The van der Waals surface area contributed by atoms with Crippen LogP contribution >= 0.6 is 0 Å². The van der Waals surface area contributed by atoms with Gasteiger partial charge in [-0.25, -0.2) is 0 Å². The molecular formula is C21H26N2+2. The van der Waals surface area contributed by atoms with Gasteiger partial charge in [-0.1, -0.05) is 42.8 Å². The van der Waals surface area contributed by atoms with E-state index in [1.54, 1.807) is 0 Å². The third kappa shape index (κ3) is 4.78. The smallest absolute Gasteiger partial charge is 0.135 e. The second kappa shape index (κ2) is 7.73. The van der Waals surface area contributed by atoms with Gasteiger partial charge in [0.15, 0.2) is 0 Å². The quantitative estimate of drug-likeness (QED) is 0.683. The molecule has 0 heterocycles. The zero-order valence-corrected chi connectivity index (χ0v) is 13.1. The van der Waals surface area contributed by atoms with E-state index in [4.69, 9.17) is 0 Å². The minimum absolute atomic E-state index is 0. The summed E-state index contributed by atoms with van der Waals surface area (Å²) in [5.74, 6) is 0. The van der Waals surface area contributed by atoms with E-state index in [2.05, 4.69) is 97.3 Å². The lowest BCUT2D eigenvalue weighted by molar-refractivity contribution is -0.483. The highest BCUT2D eigenvalue weighted by Gasteiger charge is 2.04. The Labute approximate surface area is 139 Å². The van der Waals surface area contributed by atoms with Crippen molar-refractivity contribution in [2.45, 2.75) is 21.3 Å². The van der Waals surface area contributed by atoms with Crippen molar-refractivity contribution in [1.82, 2.24) is 0 Å². The van der Waals surface area contributed by atoms with Gasteiger partial charge in [-0.05, 0) is 38.1 Å². The van der Waals surface area contributed by atoms with Crippen LogP contribution in [0, 0.1) is 13.8 Å². The molecule has 0 amide bonds. The molecule has 0 bridgehead atoms. The molecule has 0 aliphatic carbocycles. The van der Waals surface area contributed by atoms with Crippen molar-refractivity contribution in [3.05, 3.63) is 83.9 Å². The maximum atomic E-state index is 2.20. The lowest BCUT2D eigenvalue weighted by Crippen LogP contribution is -2.72. The first-order valence-electron chi connectivity index (χ1n) is 7.62. The molecule has 0 aromatic heterocycles. The van der Waals surface area contributed by atoms with Crippen molar-refractivity contribution in [3.63, 3.8) is 0 Å². The normalized spacial score (nSPS) is 10.2. The third-order valence-corrected chi connectivity index (χ3v) is 3.76. The minimum Gasteiger partial charge on any atom is -0.282 e. The Kier molecular flexibility index (Phi) is 5.69. The summed E-state index contributed by atoms with van der Waals surface area (Å²) in [5, 5.41) is 4.41. The highest BCUT2D eigenvalue weighted by molar-refractivity contribution is 5.44. The monoisotopic (exact) mass is 306 g/mol. The SMILES string of the molecule is C.Cc1ccc([NH2+]c2ccc([NH2+]c3ccc(C)cc3)cc2)cc1. The van der Waals surface area contributed by atoms with Crippen molar-refractivity contribution in [2.75, 3.05) is 0 Å². The Morgan fingerprint density at radius 3 is 0.913 bits per heavy atom. The van der Waals surface area contributed by atoms with Crippen molar-refractivity contribution in [3.8, 4) is 0 Å². The molecule has 0 spiro atoms. The van der Waals surface area contributed by atoms with E-state index in [0.717, 1.165) is 0 Å². The first-order chi connectivity index (χ1) is 10.7. The first kappa shape index (κ1) is 16.9. The summed E-state index contributed by atoms with van der Waals surface area (Å²) in [4.78, 5) is 0. The van der Waals surface area contributed by atoms with Crippen LogP contribution in [0.25, 0.3) is 0 Å². The lowest BCUT2D eigenvalue weighted by atomic mass is 10.2. The maximum Gasteiger partial charge on any atom is 0.135 e. The predicted molar refractivity (Wildman–Crippen MR) is 98.0 cm³/mol. The van der Waals surface area contributed by atoms with Crippen LogP contribution in [0.3, 0.4) is 0 Å². The molecule has 0 saturated carbocycles. The number of hydrogen-bond donors (Lipinski definition) is 2. The molecule has 118 valence electrons. The molecule has 0 fully saturated rings. The summed E-state index contributed by atoms with van der Waals surface area (Å²) in [6.45, 7) is 4.22. The standard InChI is InChI=1S/C20H20N2.CH4/c1-15-3-7-17(8-4-15)21-19-11-13-20(14-12-19)22-18-9-5-16(2)6-10-18;/h3-14,21-22H,1-2H3;1H4/p+2. The molecule has 0 unspecified atom stereocenters. The highest BCUT2D eigenvalue weighted by atomic mass is 14.9. The van der Waals surface area contributed by atoms with Gasteiger partial charge in [-0.15, -0.1) is 0 Å². The number of hydrogen-bond acceptors (Lipinski definition) is 0. The topological polar surface area (TPSA) is 33.2 Å². The molecule has 0 aliphatic rings. The van der Waals surface area contributed by atoms with E-state index in [0.29, 0.717) is 0 Å². The number of benzene rings is 3. The first-order valence-corrected chi connectivity index (χ1v) is 7.62. The molecule has 3 aromatic carbocycles. The fourth-order valence-corrected chi connectivity index (χ4v) is 2.40. The highest BCUT2D eigenvalue weighted by Crippen LogP contribution is 2.11. The summed E-state index contributed by atoms with van der Waals surface area (Å²) >= 11 is 0. The summed E-state index contributed by atoms with van der Waals surface area (Å²) < 4.78 is 0. The van der Waals surface area contributed by atoms with Crippen LogP contribution in [0.15, 0.2) is 72.8 Å².